The van der Waals surface area contributed by atoms with Crippen molar-refractivity contribution >= 4 is 50.9 Å². The maximum Gasteiger partial charge on any atom is 0.261 e. The standard InChI is InChI=1S/C31H35BrCl2N2O3/c1-4-5-16-35-31(38)28(17-22-10-7-6-8-11-22)36(19-24-26(33)12-9-13-27(24)34)30(37)20-39-29-15-14-23(21(2)3)18-25(29)32/h6-15,18,21,28H,4-5,16-17,19-20H2,1-3H3,(H,35,38)/t28-/m0/s1. The maximum atomic E-state index is 13.8. The summed E-state index contributed by atoms with van der Waals surface area (Å²) < 4.78 is 6.72. The number of benzene rings is 3. The number of ether oxygens (including phenoxy) is 1. The zero-order valence-corrected chi connectivity index (χ0v) is 25.7. The van der Waals surface area contributed by atoms with E-state index in [0.29, 0.717) is 40.2 Å². The van der Waals surface area contributed by atoms with Gasteiger partial charge in [0, 0.05) is 35.1 Å². The Morgan fingerprint density at radius 1 is 1.00 bits per heavy atom. The number of hydrogen-bond donors (Lipinski definition) is 1. The van der Waals surface area contributed by atoms with Crippen LogP contribution in [-0.2, 0) is 22.6 Å². The lowest BCUT2D eigenvalue weighted by molar-refractivity contribution is -0.142. The van der Waals surface area contributed by atoms with Gasteiger partial charge in [0.1, 0.15) is 11.8 Å². The number of rotatable bonds is 13. The number of amides is 2. The lowest BCUT2D eigenvalue weighted by atomic mass is 10.0. The van der Waals surface area contributed by atoms with Gasteiger partial charge in [-0.2, -0.15) is 0 Å². The molecule has 0 radical (unpaired) electrons. The van der Waals surface area contributed by atoms with E-state index >= 15 is 0 Å². The Morgan fingerprint density at radius 2 is 1.69 bits per heavy atom. The largest absolute Gasteiger partial charge is 0.483 e. The van der Waals surface area contributed by atoms with Crippen LogP contribution in [0.3, 0.4) is 0 Å². The van der Waals surface area contributed by atoms with Crippen LogP contribution in [-0.4, -0.2) is 35.9 Å². The van der Waals surface area contributed by atoms with Crippen LogP contribution in [0.15, 0.2) is 71.2 Å². The lowest BCUT2D eigenvalue weighted by Crippen LogP contribution is -2.52. The first-order chi connectivity index (χ1) is 18.7. The average molecular weight is 634 g/mol. The van der Waals surface area contributed by atoms with Gasteiger partial charge in [0.05, 0.1) is 4.47 Å². The molecule has 1 atom stereocenters. The fraction of sp³-hybridized carbons (Fsp3) is 0.355. The number of hydrogen-bond acceptors (Lipinski definition) is 3. The van der Waals surface area contributed by atoms with Gasteiger partial charge < -0.3 is 15.0 Å². The fourth-order valence-corrected chi connectivity index (χ4v) is 5.16. The summed E-state index contributed by atoms with van der Waals surface area (Å²) in [4.78, 5) is 28.9. The molecule has 0 bridgehead atoms. The van der Waals surface area contributed by atoms with Crippen molar-refractivity contribution in [1.29, 1.82) is 0 Å². The first kappa shape index (κ1) is 31.0. The van der Waals surface area contributed by atoms with Crippen LogP contribution in [0.2, 0.25) is 10.0 Å². The van der Waals surface area contributed by atoms with Crippen LogP contribution in [0.25, 0.3) is 0 Å². The molecule has 0 aliphatic rings. The Hall–Kier alpha value is -2.54. The number of nitrogens with zero attached hydrogens (tertiary/aromatic N) is 1. The zero-order valence-electron chi connectivity index (χ0n) is 22.6. The molecular formula is C31H35BrCl2N2O3. The molecule has 1 N–H and O–H groups in total. The first-order valence-electron chi connectivity index (χ1n) is 13.2. The van der Waals surface area contributed by atoms with Gasteiger partial charge in [0.2, 0.25) is 5.91 Å². The van der Waals surface area contributed by atoms with Crippen LogP contribution in [0.5, 0.6) is 5.75 Å². The summed E-state index contributed by atoms with van der Waals surface area (Å²) in [5.74, 6) is 0.331. The Balaban J connectivity index is 1.93. The molecule has 8 heteroatoms. The van der Waals surface area contributed by atoms with E-state index in [1.165, 1.54) is 4.90 Å². The summed E-state index contributed by atoms with van der Waals surface area (Å²) in [6, 6.07) is 19.9. The minimum absolute atomic E-state index is 0.0624. The molecule has 0 saturated heterocycles. The quantitative estimate of drug-likeness (QED) is 0.195. The Kier molecular flexibility index (Phi) is 12.2. The lowest BCUT2D eigenvalue weighted by Gasteiger charge is -2.32. The summed E-state index contributed by atoms with van der Waals surface area (Å²) >= 11 is 16.6. The molecule has 0 fully saturated rings. The van der Waals surface area contributed by atoms with Gasteiger partial charge >= 0.3 is 0 Å². The molecular weight excluding hydrogens is 599 g/mol. The molecule has 0 heterocycles. The molecule has 0 aliphatic carbocycles. The number of unbranched alkanes of at least 4 members (excludes halogenated alkanes) is 1. The average Bonchev–Trinajstić information content (AvgIpc) is 2.91. The highest BCUT2D eigenvalue weighted by Gasteiger charge is 2.31. The third-order valence-corrected chi connectivity index (χ3v) is 7.79. The van der Waals surface area contributed by atoms with Crippen molar-refractivity contribution in [3.63, 3.8) is 0 Å². The fourth-order valence-electron chi connectivity index (χ4n) is 4.13. The number of nitrogens with one attached hydrogen (secondary N) is 1. The molecule has 0 unspecified atom stereocenters. The van der Waals surface area contributed by atoms with Crippen molar-refractivity contribution in [2.45, 2.75) is 58.5 Å². The van der Waals surface area contributed by atoms with Gasteiger partial charge in [-0.05, 0) is 63.7 Å². The number of halogens is 3. The van der Waals surface area contributed by atoms with Gasteiger partial charge in [-0.25, -0.2) is 0 Å². The van der Waals surface area contributed by atoms with Crippen LogP contribution in [0.1, 0.15) is 56.2 Å². The molecule has 5 nitrogen and oxygen atoms in total. The number of carbonyl (C=O) groups excluding carboxylic acids is 2. The van der Waals surface area contributed by atoms with Crippen molar-refractivity contribution in [1.82, 2.24) is 10.2 Å². The van der Waals surface area contributed by atoms with E-state index in [1.807, 2.05) is 48.5 Å². The summed E-state index contributed by atoms with van der Waals surface area (Å²) in [5, 5.41) is 3.86. The Labute approximate surface area is 250 Å². The number of carbonyl (C=O) groups is 2. The molecule has 2 amide bonds. The summed E-state index contributed by atoms with van der Waals surface area (Å²) in [5.41, 5.74) is 2.67. The zero-order chi connectivity index (χ0) is 28.4. The second-order valence-electron chi connectivity index (χ2n) is 9.71. The van der Waals surface area contributed by atoms with Crippen molar-refractivity contribution < 1.29 is 14.3 Å². The molecule has 3 aromatic carbocycles. The van der Waals surface area contributed by atoms with Crippen LogP contribution < -0.4 is 10.1 Å². The monoisotopic (exact) mass is 632 g/mol. The Morgan fingerprint density at radius 3 is 2.31 bits per heavy atom. The summed E-state index contributed by atoms with van der Waals surface area (Å²) in [6.45, 7) is 6.62. The van der Waals surface area contributed by atoms with E-state index in [0.717, 1.165) is 28.4 Å². The predicted octanol–water partition coefficient (Wildman–Crippen LogP) is 7.81. The van der Waals surface area contributed by atoms with E-state index in [-0.39, 0.29) is 25.0 Å². The third-order valence-electron chi connectivity index (χ3n) is 6.46. The predicted molar refractivity (Wildman–Crippen MR) is 163 cm³/mol. The van der Waals surface area contributed by atoms with Gasteiger partial charge in [-0.15, -0.1) is 0 Å². The molecule has 39 heavy (non-hydrogen) atoms. The highest BCUT2D eigenvalue weighted by atomic mass is 79.9. The minimum Gasteiger partial charge on any atom is -0.483 e. The SMILES string of the molecule is CCCCNC(=O)[C@H](Cc1ccccc1)N(Cc1c(Cl)cccc1Cl)C(=O)COc1ccc(C(C)C)cc1Br. The molecule has 3 aromatic rings. The van der Waals surface area contributed by atoms with Gasteiger partial charge in [-0.1, -0.05) is 92.9 Å². The van der Waals surface area contributed by atoms with Crippen molar-refractivity contribution in [3.8, 4) is 5.75 Å². The van der Waals surface area contributed by atoms with Crippen LogP contribution >= 0.6 is 39.1 Å². The highest BCUT2D eigenvalue weighted by Crippen LogP contribution is 2.30. The summed E-state index contributed by atoms with van der Waals surface area (Å²) in [7, 11) is 0. The minimum atomic E-state index is -0.792. The molecule has 3 rings (SSSR count). The van der Waals surface area contributed by atoms with E-state index in [1.54, 1.807) is 18.2 Å². The van der Waals surface area contributed by atoms with Crippen LogP contribution in [0.4, 0.5) is 0 Å². The van der Waals surface area contributed by atoms with E-state index in [2.05, 4.69) is 42.0 Å². The van der Waals surface area contributed by atoms with Crippen molar-refractivity contribution in [3.05, 3.63) is 97.9 Å². The van der Waals surface area contributed by atoms with Gasteiger partial charge in [0.25, 0.3) is 5.91 Å². The van der Waals surface area contributed by atoms with Gasteiger partial charge in [0.15, 0.2) is 6.61 Å². The highest BCUT2D eigenvalue weighted by molar-refractivity contribution is 9.10. The van der Waals surface area contributed by atoms with E-state index in [9.17, 15) is 9.59 Å². The second kappa shape index (κ2) is 15.3. The smallest absolute Gasteiger partial charge is 0.261 e. The molecule has 0 saturated carbocycles. The first-order valence-corrected chi connectivity index (χ1v) is 14.7. The molecule has 0 aromatic heterocycles. The van der Waals surface area contributed by atoms with Gasteiger partial charge in [-0.3, -0.25) is 9.59 Å². The van der Waals surface area contributed by atoms with Crippen molar-refractivity contribution in [2.24, 2.45) is 0 Å². The van der Waals surface area contributed by atoms with Crippen LogP contribution in [0, 0.1) is 0 Å². The Bertz CT molecular complexity index is 1230. The van der Waals surface area contributed by atoms with Crippen molar-refractivity contribution in [2.75, 3.05) is 13.2 Å². The van der Waals surface area contributed by atoms with E-state index in [4.69, 9.17) is 27.9 Å². The normalized spacial score (nSPS) is 11.8. The topological polar surface area (TPSA) is 58.6 Å². The third kappa shape index (κ3) is 8.99. The molecule has 208 valence electrons. The summed E-state index contributed by atoms with van der Waals surface area (Å²) in [6.07, 6.45) is 2.12. The second-order valence-corrected chi connectivity index (χ2v) is 11.4. The molecule has 0 aliphatic heterocycles. The molecule has 0 spiro atoms. The maximum absolute atomic E-state index is 13.8. The van der Waals surface area contributed by atoms with E-state index < -0.39 is 6.04 Å².